The first-order valence-corrected chi connectivity index (χ1v) is 5.13. The molecule has 3 N–H and O–H groups in total. The third kappa shape index (κ3) is 3.00. The number of aromatic carboxylic acids is 1. The number of carbonyl (C=O) groups is 2. The minimum Gasteiger partial charge on any atom is -0.477 e. The Morgan fingerprint density at radius 2 is 2.05 bits per heavy atom. The molecule has 0 saturated heterocycles. The van der Waals surface area contributed by atoms with Gasteiger partial charge in [0.1, 0.15) is 11.5 Å². The summed E-state index contributed by atoms with van der Waals surface area (Å²) in [7, 11) is 0. The summed E-state index contributed by atoms with van der Waals surface area (Å²) in [5.74, 6) is -1.72. The highest BCUT2D eigenvalue weighted by atomic mass is 16.4. The first-order chi connectivity index (χ1) is 9.06. The summed E-state index contributed by atoms with van der Waals surface area (Å²) in [6, 6.07) is 4.19. The molecule has 0 aliphatic heterocycles. The highest BCUT2D eigenvalue weighted by molar-refractivity contribution is 6.02. The number of nitrogens with one attached hydrogen (secondary N) is 2. The van der Waals surface area contributed by atoms with Crippen LogP contribution in [0.4, 0.5) is 5.82 Å². The van der Waals surface area contributed by atoms with Crippen LogP contribution in [0.25, 0.3) is 0 Å². The Labute approximate surface area is 106 Å². The zero-order valence-corrected chi connectivity index (χ0v) is 9.45. The second kappa shape index (κ2) is 5.08. The van der Waals surface area contributed by atoms with Gasteiger partial charge >= 0.3 is 5.97 Å². The molecule has 0 aliphatic carbocycles. The lowest BCUT2D eigenvalue weighted by molar-refractivity contribution is 0.0690. The largest absolute Gasteiger partial charge is 0.477 e. The van der Waals surface area contributed by atoms with Crippen molar-refractivity contribution in [3.05, 3.63) is 52.3 Å². The van der Waals surface area contributed by atoms with E-state index in [1.54, 1.807) is 0 Å². The van der Waals surface area contributed by atoms with Crippen molar-refractivity contribution in [2.24, 2.45) is 0 Å². The monoisotopic (exact) mass is 260 g/mol. The quantitative estimate of drug-likeness (QED) is 0.719. The molecular formula is C11H8N4O4. The number of anilines is 1. The summed E-state index contributed by atoms with van der Waals surface area (Å²) >= 11 is 0. The maximum atomic E-state index is 11.7. The second-order valence-corrected chi connectivity index (χ2v) is 3.46. The number of amides is 1. The molecule has 8 nitrogen and oxygen atoms in total. The van der Waals surface area contributed by atoms with Crippen LogP contribution in [-0.4, -0.2) is 31.9 Å². The number of rotatable bonds is 3. The molecule has 0 saturated carbocycles. The number of carboxylic acids is 1. The van der Waals surface area contributed by atoms with E-state index in [4.69, 9.17) is 5.11 Å². The molecule has 96 valence electrons. The zero-order chi connectivity index (χ0) is 13.8. The molecule has 0 aliphatic rings. The van der Waals surface area contributed by atoms with E-state index in [-0.39, 0.29) is 17.2 Å². The fraction of sp³-hybridized carbons (Fsp3) is 0. The highest BCUT2D eigenvalue weighted by Gasteiger charge is 2.10. The van der Waals surface area contributed by atoms with Gasteiger partial charge in [0.2, 0.25) is 0 Å². The van der Waals surface area contributed by atoms with Crippen LogP contribution in [0.1, 0.15) is 21.0 Å². The fourth-order valence-corrected chi connectivity index (χ4v) is 1.27. The summed E-state index contributed by atoms with van der Waals surface area (Å²) in [5.41, 5.74) is -0.628. The number of pyridine rings is 1. The lowest BCUT2D eigenvalue weighted by atomic mass is 10.3. The average Bonchev–Trinajstić information content (AvgIpc) is 2.39. The molecule has 2 rings (SSSR count). The van der Waals surface area contributed by atoms with E-state index in [0.29, 0.717) is 0 Å². The first-order valence-electron chi connectivity index (χ1n) is 5.13. The van der Waals surface area contributed by atoms with Crippen molar-refractivity contribution < 1.29 is 14.7 Å². The predicted molar refractivity (Wildman–Crippen MR) is 64.0 cm³/mol. The molecule has 19 heavy (non-hydrogen) atoms. The maximum Gasteiger partial charge on any atom is 0.354 e. The van der Waals surface area contributed by atoms with Crippen molar-refractivity contribution in [2.75, 3.05) is 5.32 Å². The van der Waals surface area contributed by atoms with Crippen molar-refractivity contribution >= 4 is 17.7 Å². The predicted octanol–water partition coefficient (Wildman–Crippen LogP) is 0.115. The van der Waals surface area contributed by atoms with E-state index in [1.807, 2.05) is 0 Å². The summed E-state index contributed by atoms with van der Waals surface area (Å²) in [5, 5.41) is 11.1. The van der Waals surface area contributed by atoms with E-state index in [2.05, 4.69) is 20.3 Å². The van der Waals surface area contributed by atoms with Gasteiger partial charge in [0.25, 0.3) is 11.5 Å². The molecule has 0 unspecified atom stereocenters. The van der Waals surface area contributed by atoms with Crippen molar-refractivity contribution in [3.8, 4) is 0 Å². The van der Waals surface area contributed by atoms with Crippen LogP contribution in [0.2, 0.25) is 0 Å². The van der Waals surface area contributed by atoms with Gasteiger partial charge in [-0.05, 0) is 12.1 Å². The number of nitrogens with zero attached hydrogens (tertiary/aromatic N) is 2. The summed E-state index contributed by atoms with van der Waals surface area (Å²) < 4.78 is 0. The van der Waals surface area contributed by atoms with Crippen molar-refractivity contribution in [3.63, 3.8) is 0 Å². The average molecular weight is 260 g/mol. The molecule has 2 heterocycles. The van der Waals surface area contributed by atoms with Crippen LogP contribution in [0.5, 0.6) is 0 Å². The SMILES string of the molecule is O=C(O)c1cccc(NC(=O)c2c[nH]c(=O)cn2)n1. The maximum absolute atomic E-state index is 11.7. The molecule has 2 aromatic rings. The van der Waals surface area contributed by atoms with Gasteiger partial charge in [-0.3, -0.25) is 9.59 Å². The van der Waals surface area contributed by atoms with Crippen molar-refractivity contribution in [1.29, 1.82) is 0 Å². The molecule has 2 aromatic heterocycles. The molecule has 8 heteroatoms. The van der Waals surface area contributed by atoms with Gasteiger partial charge in [-0.2, -0.15) is 0 Å². The van der Waals surface area contributed by atoms with Crippen LogP contribution < -0.4 is 10.9 Å². The molecule has 1 amide bonds. The third-order valence-electron chi connectivity index (χ3n) is 2.11. The lowest BCUT2D eigenvalue weighted by Gasteiger charge is -2.03. The normalized spacial score (nSPS) is 9.89. The van der Waals surface area contributed by atoms with Gasteiger partial charge < -0.3 is 15.4 Å². The Bertz CT molecular complexity index is 675. The van der Waals surface area contributed by atoms with E-state index in [0.717, 1.165) is 12.4 Å². The summed E-state index contributed by atoms with van der Waals surface area (Å²) in [6.45, 7) is 0. The van der Waals surface area contributed by atoms with E-state index in [9.17, 15) is 14.4 Å². The van der Waals surface area contributed by atoms with E-state index < -0.39 is 17.4 Å². The zero-order valence-electron chi connectivity index (χ0n) is 9.45. The highest BCUT2D eigenvalue weighted by Crippen LogP contribution is 2.06. The molecule has 0 aromatic carbocycles. The Balaban J connectivity index is 2.19. The molecule has 0 spiro atoms. The number of H-pyrrole nitrogens is 1. The smallest absolute Gasteiger partial charge is 0.354 e. The first kappa shape index (κ1) is 12.4. The van der Waals surface area contributed by atoms with Crippen LogP contribution in [-0.2, 0) is 0 Å². The van der Waals surface area contributed by atoms with Gasteiger partial charge in [0, 0.05) is 6.20 Å². The number of aromatic amines is 1. The number of aromatic nitrogens is 3. The Morgan fingerprint density at radius 3 is 2.68 bits per heavy atom. The molecular weight excluding hydrogens is 252 g/mol. The van der Waals surface area contributed by atoms with Crippen molar-refractivity contribution in [2.45, 2.75) is 0 Å². The summed E-state index contributed by atoms with van der Waals surface area (Å²) in [4.78, 5) is 42.9. The Morgan fingerprint density at radius 1 is 1.26 bits per heavy atom. The number of hydrogen-bond acceptors (Lipinski definition) is 5. The Hall–Kier alpha value is -3.03. The topological polar surface area (TPSA) is 125 Å². The Kier molecular flexibility index (Phi) is 3.33. The van der Waals surface area contributed by atoms with Gasteiger partial charge in [0.15, 0.2) is 5.69 Å². The van der Waals surface area contributed by atoms with Gasteiger partial charge in [-0.1, -0.05) is 6.07 Å². The van der Waals surface area contributed by atoms with E-state index in [1.165, 1.54) is 18.2 Å². The van der Waals surface area contributed by atoms with Gasteiger partial charge in [-0.15, -0.1) is 0 Å². The second-order valence-electron chi connectivity index (χ2n) is 3.46. The van der Waals surface area contributed by atoms with Crippen LogP contribution >= 0.6 is 0 Å². The van der Waals surface area contributed by atoms with Gasteiger partial charge in [0.05, 0.1) is 6.20 Å². The van der Waals surface area contributed by atoms with Gasteiger partial charge in [-0.25, -0.2) is 14.8 Å². The lowest BCUT2D eigenvalue weighted by Crippen LogP contribution is -2.18. The molecule has 0 bridgehead atoms. The minimum atomic E-state index is -1.20. The standard InChI is InChI=1S/C11H8N4O4/c16-9-5-12-7(4-13-9)10(17)15-8-3-1-2-6(14-8)11(18)19/h1-5H,(H,13,16)(H,18,19)(H,14,15,17). The van der Waals surface area contributed by atoms with Crippen LogP contribution in [0, 0.1) is 0 Å². The summed E-state index contributed by atoms with van der Waals surface area (Å²) in [6.07, 6.45) is 2.12. The van der Waals surface area contributed by atoms with Crippen LogP contribution in [0.15, 0.2) is 35.4 Å². The van der Waals surface area contributed by atoms with Crippen LogP contribution in [0.3, 0.4) is 0 Å². The van der Waals surface area contributed by atoms with Crippen molar-refractivity contribution in [1.82, 2.24) is 15.0 Å². The number of carbonyl (C=O) groups excluding carboxylic acids is 1. The molecule has 0 radical (unpaired) electrons. The minimum absolute atomic E-state index is 0.0119. The molecule has 0 atom stereocenters. The molecule has 0 fully saturated rings. The number of carboxylic acid groups (broad SMARTS) is 1. The van der Waals surface area contributed by atoms with E-state index >= 15 is 0 Å². The number of hydrogen-bond donors (Lipinski definition) is 3. The fourth-order valence-electron chi connectivity index (χ4n) is 1.27. The third-order valence-corrected chi connectivity index (χ3v) is 2.11.